The molecule has 19 nitrogen and oxygen atoms in total. The molecule has 5 atom stereocenters. The summed E-state index contributed by atoms with van der Waals surface area (Å²) in [5, 5.41) is 11.6. The lowest BCUT2D eigenvalue weighted by Crippen LogP contribution is -2.55. The monoisotopic (exact) mass is 1160 g/mol. The Morgan fingerprint density at radius 1 is 0.855 bits per heavy atom. The molecule has 0 spiro atoms. The highest BCUT2D eigenvalue weighted by molar-refractivity contribution is 7.52. The summed E-state index contributed by atoms with van der Waals surface area (Å²) in [7, 11) is -5.89. The Labute approximate surface area is 479 Å². The number of alkyl halides is 2. The van der Waals surface area contributed by atoms with E-state index in [0.717, 1.165) is 60.6 Å². The number of benzene rings is 4. The second-order valence-electron chi connectivity index (χ2n) is 21.4. The van der Waals surface area contributed by atoms with E-state index in [1.165, 1.54) is 15.9 Å². The number of amides is 7. The van der Waals surface area contributed by atoms with Gasteiger partial charge in [-0.25, -0.2) is 0 Å². The number of hydrogen-bond donors (Lipinski definition) is 8. The summed E-state index contributed by atoms with van der Waals surface area (Å²) in [6, 6.07) is 23.7. The standard InChI is InChI=1S/C61H69F2N8O11P/c1-2-3-24-49(68-56(75)50-33-41-32-42(25-26-47(41)66-50)61(62,63)83(80,81)82)60(79)70-36-43(34-52(70)58(77)67-48(27-29-54(64)73)53(72)35-45(38-17-11-8-12-18-38)39-19-13-9-14-20-39)65-31-15-7-5-4-6-10-21-40-22-16-23-44-46(40)37-71(59(44)78)51-28-30-55(74)69-57(51)76/h8-9,11-14,16-20,22-23,25-26,32-33,43,45,48-49,51-52,65-66H,2-7,15,24,27-31,34-37H2,1H3,(H2,64,73)(H,67,77)(H,68,75)(H,69,74,76)(H2,80,81,82)/t43-,48+,49+,51?,52+/m1/s1. The number of aromatic amines is 1. The van der Waals surface area contributed by atoms with Gasteiger partial charge in [-0.05, 0) is 92.1 Å². The van der Waals surface area contributed by atoms with Crippen molar-refractivity contribution in [3.05, 3.63) is 142 Å². The van der Waals surface area contributed by atoms with E-state index < -0.39 is 84.5 Å². The highest BCUT2D eigenvalue weighted by atomic mass is 31.2. The summed E-state index contributed by atoms with van der Waals surface area (Å²) < 4.78 is 41.0. The second kappa shape index (κ2) is 27.5. The third kappa shape index (κ3) is 15.0. The average molecular weight is 1160 g/mol. The Balaban J connectivity index is 0.941. The minimum absolute atomic E-state index is 0.0297. The molecule has 2 saturated heterocycles. The largest absolute Gasteiger partial charge is 0.399 e. The molecule has 9 N–H and O–H groups in total. The molecule has 0 saturated carbocycles. The first-order chi connectivity index (χ1) is 39.7. The van der Waals surface area contributed by atoms with Crippen molar-refractivity contribution in [2.45, 2.75) is 145 Å². The normalized spacial score (nSPS) is 17.9. The van der Waals surface area contributed by atoms with Crippen LogP contribution in [-0.2, 0) is 45.5 Å². The number of piperidine rings is 1. The van der Waals surface area contributed by atoms with Gasteiger partial charge in [0.15, 0.2) is 5.78 Å². The van der Waals surface area contributed by atoms with Crippen LogP contribution in [0.4, 0.5) is 8.78 Å². The van der Waals surface area contributed by atoms with Gasteiger partial charge in [-0.1, -0.05) is 117 Å². The molecule has 5 aromatic rings. The molecule has 0 radical (unpaired) electrons. The lowest BCUT2D eigenvalue weighted by molar-refractivity contribution is -0.140. The zero-order chi connectivity index (χ0) is 59.4. The molecule has 4 aromatic carbocycles. The number of likely N-dealkylation sites (tertiary alicyclic amines) is 1. The highest BCUT2D eigenvalue weighted by Gasteiger charge is 2.50. The molecular formula is C61H69F2N8O11P. The van der Waals surface area contributed by atoms with Crippen molar-refractivity contribution < 1.29 is 61.5 Å². The molecule has 0 bridgehead atoms. The quantitative estimate of drug-likeness (QED) is 0.0127. The SMILES string of the molecule is CCCC[C@H](NC(=O)c1cc2cc(C(F)(F)P(=O)(O)O)ccc2[nH]1)C(=O)N1C[C@H](NCCCCCCC#Cc2cccc3c2CN(C2CCC(=O)NC2=O)C3=O)C[C@H]1C(=O)N[C@@H](CCC(N)=O)C(=O)CC(c1ccccc1)c1ccccc1. The molecule has 4 heterocycles. The molecule has 8 rings (SSSR count). The van der Waals surface area contributed by atoms with E-state index >= 15 is 0 Å². The molecule has 2 fully saturated rings. The first kappa shape index (κ1) is 61.2. The predicted octanol–water partition coefficient (Wildman–Crippen LogP) is 6.55. The molecule has 0 aliphatic carbocycles. The Kier molecular flexibility index (Phi) is 20.2. The first-order valence-corrected chi connectivity index (χ1v) is 29.7. The van der Waals surface area contributed by atoms with Gasteiger partial charge in [0.05, 0.1) is 6.04 Å². The topological polar surface area (TPSA) is 290 Å². The van der Waals surface area contributed by atoms with Gasteiger partial charge in [0.2, 0.25) is 29.5 Å². The van der Waals surface area contributed by atoms with Gasteiger partial charge in [-0.2, -0.15) is 8.78 Å². The van der Waals surface area contributed by atoms with Crippen molar-refractivity contribution in [3.8, 4) is 11.8 Å². The van der Waals surface area contributed by atoms with Gasteiger partial charge in [-0.3, -0.25) is 48.2 Å². The molecule has 83 heavy (non-hydrogen) atoms. The van der Waals surface area contributed by atoms with Crippen molar-refractivity contribution in [1.29, 1.82) is 0 Å². The maximum absolute atomic E-state index is 14.9. The van der Waals surface area contributed by atoms with Crippen LogP contribution in [0.15, 0.2) is 103 Å². The number of fused-ring (bicyclic) bond motifs is 2. The van der Waals surface area contributed by atoms with Crippen molar-refractivity contribution in [1.82, 2.24) is 36.1 Å². The van der Waals surface area contributed by atoms with E-state index in [9.17, 15) is 61.5 Å². The maximum Gasteiger partial charge on any atom is 0.399 e. The fourth-order valence-electron chi connectivity index (χ4n) is 11.1. The summed E-state index contributed by atoms with van der Waals surface area (Å²) in [5.41, 5.74) is 3.93. The smallest absolute Gasteiger partial charge is 0.370 e. The summed E-state index contributed by atoms with van der Waals surface area (Å²) in [5.74, 6) is 1.92. The molecule has 438 valence electrons. The minimum atomic E-state index is -5.89. The first-order valence-electron chi connectivity index (χ1n) is 28.1. The van der Waals surface area contributed by atoms with Crippen molar-refractivity contribution in [2.24, 2.45) is 5.73 Å². The van der Waals surface area contributed by atoms with Crippen molar-refractivity contribution in [3.63, 3.8) is 0 Å². The van der Waals surface area contributed by atoms with Gasteiger partial charge in [-0.15, -0.1) is 0 Å². The number of halogens is 2. The van der Waals surface area contributed by atoms with Gasteiger partial charge >= 0.3 is 13.3 Å². The van der Waals surface area contributed by atoms with E-state index in [2.05, 4.69) is 38.1 Å². The van der Waals surface area contributed by atoms with Crippen LogP contribution in [0.25, 0.3) is 10.9 Å². The van der Waals surface area contributed by atoms with Crippen LogP contribution in [0.3, 0.4) is 0 Å². The molecule has 1 unspecified atom stereocenters. The minimum Gasteiger partial charge on any atom is -0.370 e. The number of carbonyl (C=O) groups is 8. The maximum atomic E-state index is 14.9. The molecule has 3 aliphatic heterocycles. The number of ketones is 1. The number of H-pyrrole nitrogens is 1. The summed E-state index contributed by atoms with van der Waals surface area (Å²) >= 11 is 0. The van der Waals surface area contributed by atoms with Crippen LogP contribution in [0.1, 0.15) is 151 Å². The van der Waals surface area contributed by atoms with E-state index in [1.807, 2.05) is 73.7 Å². The predicted molar refractivity (Wildman–Crippen MR) is 304 cm³/mol. The lowest BCUT2D eigenvalue weighted by Gasteiger charge is -2.30. The number of nitrogens with zero attached hydrogens (tertiary/aromatic N) is 2. The van der Waals surface area contributed by atoms with E-state index in [-0.39, 0.29) is 92.2 Å². The second-order valence-corrected chi connectivity index (χ2v) is 23.1. The summed E-state index contributed by atoms with van der Waals surface area (Å²) in [6.45, 7) is 2.71. The molecule has 22 heteroatoms. The molecular weight excluding hydrogens is 1090 g/mol. The van der Waals surface area contributed by atoms with Crippen LogP contribution < -0.4 is 27.0 Å². The van der Waals surface area contributed by atoms with E-state index in [4.69, 9.17) is 5.73 Å². The van der Waals surface area contributed by atoms with Gasteiger partial charge < -0.3 is 46.3 Å². The van der Waals surface area contributed by atoms with Crippen LogP contribution in [0, 0.1) is 11.8 Å². The van der Waals surface area contributed by atoms with Gasteiger partial charge in [0.25, 0.3) is 11.8 Å². The highest BCUT2D eigenvalue weighted by Crippen LogP contribution is 2.59. The Morgan fingerprint density at radius 3 is 2.24 bits per heavy atom. The Bertz CT molecular complexity index is 3300. The molecule has 1 aromatic heterocycles. The van der Waals surface area contributed by atoms with Crippen molar-refractivity contribution >= 4 is 65.6 Å². The Hall–Kier alpha value is -7.89. The fourth-order valence-corrected chi connectivity index (χ4v) is 11.5. The number of nitrogens with two attached hydrogens (primary N) is 1. The number of hydrogen-bond acceptors (Lipinski definition) is 10. The number of primary amides is 1. The molecule has 3 aliphatic rings. The number of rotatable bonds is 26. The van der Waals surface area contributed by atoms with Crippen LogP contribution in [0.5, 0.6) is 0 Å². The molecule has 7 amide bonds. The fraction of sp³-hybridized carbons (Fsp3) is 0.410. The zero-order valence-electron chi connectivity index (χ0n) is 46.0. The zero-order valence-corrected chi connectivity index (χ0v) is 46.9. The lowest BCUT2D eigenvalue weighted by atomic mass is 9.85. The number of unbranched alkanes of at least 4 members (excludes halogenated alkanes) is 5. The van der Waals surface area contributed by atoms with Crippen LogP contribution in [-0.4, -0.2) is 115 Å². The number of aromatic nitrogens is 1. The van der Waals surface area contributed by atoms with Crippen molar-refractivity contribution in [2.75, 3.05) is 13.1 Å². The third-order valence-corrected chi connectivity index (χ3v) is 16.6. The number of carbonyl (C=O) groups excluding carboxylic acids is 8. The van der Waals surface area contributed by atoms with Crippen LogP contribution >= 0.6 is 7.60 Å². The number of Topliss-reactive ketones (excluding diaryl/α,β-unsaturated/α-hetero) is 1. The number of nitrogens with one attached hydrogen (secondary N) is 5. The van der Waals surface area contributed by atoms with E-state index in [0.29, 0.717) is 36.9 Å². The number of imide groups is 1. The van der Waals surface area contributed by atoms with E-state index in [1.54, 1.807) is 12.1 Å². The average Bonchev–Trinajstić information content (AvgIpc) is 4.37. The van der Waals surface area contributed by atoms with Crippen LogP contribution in [0.2, 0.25) is 0 Å². The third-order valence-electron chi connectivity index (χ3n) is 15.6. The Morgan fingerprint density at radius 2 is 1.57 bits per heavy atom. The summed E-state index contributed by atoms with van der Waals surface area (Å²) in [4.78, 5) is 132. The summed E-state index contributed by atoms with van der Waals surface area (Å²) in [6.07, 6.45) is 5.29. The van der Waals surface area contributed by atoms with Gasteiger partial charge in [0.1, 0.15) is 23.8 Å². The van der Waals surface area contributed by atoms with Gasteiger partial charge in [0, 0.05) is 78.3 Å².